The van der Waals surface area contributed by atoms with Crippen LogP contribution in [0.25, 0.3) is 0 Å². The van der Waals surface area contributed by atoms with E-state index in [0.29, 0.717) is 31.4 Å². The number of hydrogen-bond donors (Lipinski definition) is 0. The molecule has 0 aliphatic carbocycles. The summed E-state index contributed by atoms with van der Waals surface area (Å²) >= 11 is 11.4. The fourth-order valence-corrected chi connectivity index (χ4v) is 2.28. The third-order valence-electron chi connectivity index (χ3n) is 2.80. The Morgan fingerprint density at radius 3 is 2.32 bits per heavy atom. The molecule has 7 heteroatoms. The number of ether oxygens (including phenoxy) is 2. The van der Waals surface area contributed by atoms with Crippen molar-refractivity contribution in [3.8, 4) is 5.75 Å². The van der Waals surface area contributed by atoms with Crippen molar-refractivity contribution in [2.45, 2.75) is 6.92 Å². The maximum absolute atomic E-state index is 12.1. The van der Waals surface area contributed by atoms with Gasteiger partial charge in [0.05, 0.1) is 0 Å². The molecule has 1 aromatic rings. The van der Waals surface area contributed by atoms with Crippen LogP contribution in [0.15, 0.2) is 24.3 Å². The van der Waals surface area contributed by atoms with Gasteiger partial charge < -0.3 is 9.47 Å². The highest BCUT2D eigenvalue weighted by Gasteiger charge is 2.15. The van der Waals surface area contributed by atoms with Gasteiger partial charge >= 0.3 is 11.9 Å². The van der Waals surface area contributed by atoms with Crippen LogP contribution in [0.3, 0.4) is 0 Å². The molecule has 0 saturated carbocycles. The first-order valence-corrected chi connectivity index (χ1v) is 7.94. The van der Waals surface area contributed by atoms with Gasteiger partial charge in [0, 0.05) is 38.3 Å². The molecular weight excluding hydrogens is 329 g/mol. The van der Waals surface area contributed by atoms with E-state index >= 15 is 0 Å². The van der Waals surface area contributed by atoms with Crippen molar-refractivity contribution in [1.82, 2.24) is 4.90 Å². The van der Waals surface area contributed by atoms with Crippen molar-refractivity contribution in [2.24, 2.45) is 0 Å². The second kappa shape index (κ2) is 10.4. The van der Waals surface area contributed by atoms with Crippen LogP contribution in [-0.4, -0.2) is 54.8 Å². The van der Waals surface area contributed by atoms with Crippen molar-refractivity contribution >= 4 is 35.1 Å². The molecule has 0 N–H and O–H groups in total. The number of hydrogen-bond acceptors (Lipinski definition) is 5. The van der Waals surface area contributed by atoms with Gasteiger partial charge in [-0.25, -0.2) is 4.79 Å². The lowest BCUT2D eigenvalue weighted by Gasteiger charge is -2.19. The number of halogens is 2. The van der Waals surface area contributed by atoms with Gasteiger partial charge in [-0.05, 0) is 12.1 Å². The highest BCUT2D eigenvalue weighted by molar-refractivity contribution is 6.18. The summed E-state index contributed by atoms with van der Waals surface area (Å²) < 4.78 is 10.2. The number of rotatable bonds is 9. The second-order valence-electron chi connectivity index (χ2n) is 4.45. The van der Waals surface area contributed by atoms with Gasteiger partial charge in [0.1, 0.15) is 17.9 Å². The Bertz CT molecular complexity index is 490. The van der Waals surface area contributed by atoms with Crippen LogP contribution in [-0.2, 0) is 9.53 Å². The summed E-state index contributed by atoms with van der Waals surface area (Å²) in [5.41, 5.74) is 0.221. The molecule has 22 heavy (non-hydrogen) atoms. The molecule has 122 valence electrons. The number of para-hydroxylation sites is 1. The first-order chi connectivity index (χ1) is 10.6. The molecule has 0 bridgehead atoms. The summed E-state index contributed by atoms with van der Waals surface area (Å²) in [5, 5.41) is 0. The SMILES string of the molecule is CC(=O)Oc1ccccc1C(=O)OCCN(CCCl)CCCl. The third kappa shape index (κ3) is 6.64. The van der Waals surface area contributed by atoms with Crippen LogP contribution in [0.5, 0.6) is 5.75 Å². The molecule has 0 fully saturated rings. The van der Waals surface area contributed by atoms with Crippen LogP contribution in [0.4, 0.5) is 0 Å². The summed E-state index contributed by atoms with van der Waals surface area (Å²) in [4.78, 5) is 25.1. The van der Waals surface area contributed by atoms with E-state index in [4.69, 9.17) is 32.7 Å². The third-order valence-corrected chi connectivity index (χ3v) is 3.14. The van der Waals surface area contributed by atoms with Crippen LogP contribution in [0.2, 0.25) is 0 Å². The van der Waals surface area contributed by atoms with E-state index in [2.05, 4.69) is 0 Å². The first-order valence-electron chi connectivity index (χ1n) is 6.87. The molecule has 0 spiro atoms. The monoisotopic (exact) mass is 347 g/mol. The molecule has 0 unspecified atom stereocenters. The van der Waals surface area contributed by atoms with Crippen molar-refractivity contribution in [2.75, 3.05) is 38.0 Å². The van der Waals surface area contributed by atoms with Gasteiger partial charge in [0.2, 0.25) is 0 Å². The summed E-state index contributed by atoms with van der Waals surface area (Å²) in [6.45, 7) is 3.38. The summed E-state index contributed by atoms with van der Waals surface area (Å²) in [7, 11) is 0. The maximum atomic E-state index is 12.1. The summed E-state index contributed by atoms with van der Waals surface area (Å²) in [5.74, 6) is 0.142. The lowest BCUT2D eigenvalue weighted by atomic mass is 10.2. The largest absolute Gasteiger partial charge is 0.461 e. The zero-order valence-electron chi connectivity index (χ0n) is 12.4. The van der Waals surface area contributed by atoms with Gasteiger partial charge in [0.25, 0.3) is 0 Å². The molecule has 5 nitrogen and oxygen atoms in total. The Hall–Kier alpha value is -1.30. The normalized spacial score (nSPS) is 10.5. The van der Waals surface area contributed by atoms with E-state index < -0.39 is 11.9 Å². The second-order valence-corrected chi connectivity index (χ2v) is 5.20. The van der Waals surface area contributed by atoms with Gasteiger partial charge in [-0.2, -0.15) is 0 Å². The van der Waals surface area contributed by atoms with E-state index in [-0.39, 0.29) is 17.9 Å². The molecule has 0 aliphatic heterocycles. The zero-order chi connectivity index (χ0) is 16.4. The predicted molar refractivity (Wildman–Crippen MR) is 85.9 cm³/mol. The Morgan fingerprint density at radius 1 is 1.09 bits per heavy atom. The molecule has 0 amide bonds. The molecule has 1 aromatic carbocycles. The fraction of sp³-hybridized carbons (Fsp3) is 0.467. The maximum Gasteiger partial charge on any atom is 0.341 e. The van der Waals surface area contributed by atoms with Crippen molar-refractivity contribution in [3.05, 3.63) is 29.8 Å². The molecule has 1 rings (SSSR count). The van der Waals surface area contributed by atoms with Gasteiger partial charge in [0.15, 0.2) is 0 Å². The van der Waals surface area contributed by atoms with Crippen molar-refractivity contribution in [3.63, 3.8) is 0 Å². The predicted octanol–water partition coefficient (Wildman–Crippen LogP) is 2.55. The quantitative estimate of drug-likeness (QED) is 0.390. The Labute approximate surface area is 140 Å². The van der Waals surface area contributed by atoms with Crippen LogP contribution < -0.4 is 4.74 Å². The zero-order valence-corrected chi connectivity index (χ0v) is 13.9. The Morgan fingerprint density at radius 2 is 1.73 bits per heavy atom. The number of benzene rings is 1. The van der Waals surface area contributed by atoms with E-state index in [0.717, 1.165) is 0 Å². The number of carbonyl (C=O) groups is 2. The molecule has 0 heterocycles. The lowest BCUT2D eigenvalue weighted by molar-refractivity contribution is -0.131. The summed E-state index contributed by atoms with van der Waals surface area (Å²) in [6.07, 6.45) is 0. The standard InChI is InChI=1S/C15H19Cl2NO4/c1-12(19)22-14-5-3-2-4-13(14)15(20)21-11-10-18(8-6-16)9-7-17/h2-5H,6-11H2,1H3. The van der Waals surface area contributed by atoms with E-state index in [1.807, 2.05) is 4.90 Å². The van der Waals surface area contributed by atoms with Gasteiger partial charge in [-0.3, -0.25) is 9.69 Å². The number of esters is 2. The average molecular weight is 348 g/mol. The van der Waals surface area contributed by atoms with E-state index in [9.17, 15) is 9.59 Å². The molecular formula is C15H19Cl2NO4. The molecule has 0 aliphatic rings. The van der Waals surface area contributed by atoms with Crippen LogP contribution >= 0.6 is 23.2 Å². The van der Waals surface area contributed by atoms with E-state index in [1.54, 1.807) is 24.3 Å². The highest BCUT2D eigenvalue weighted by atomic mass is 35.5. The van der Waals surface area contributed by atoms with Crippen molar-refractivity contribution in [1.29, 1.82) is 0 Å². The number of alkyl halides is 2. The molecule has 0 aromatic heterocycles. The Balaban J connectivity index is 2.56. The number of carbonyl (C=O) groups excluding carboxylic acids is 2. The van der Waals surface area contributed by atoms with E-state index in [1.165, 1.54) is 6.92 Å². The average Bonchev–Trinajstić information content (AvgIpc) is 2.47. The fourth-order valence-electron chi connectivity index (χ4n) is 1.80. The van der Waals surface area contributed by atoms with Gasteiger partial charge in [-0.1, -0.05) is 12.1 Å². The minimum atomic E-state index is -0.534. The molecule has 0 saturated heterocycles. The smallest absolute Gasteiger partial charge is 0.341 e. The summed E-state index contributed by atoms with van der Waals surface area (Å²) in [6, 6.07) is 6.45. The first kappa shape index (κ1) is 18.7. The lowest BCUT2D eigenvalue weighted by Crippen LogP contribution is -2.32. The number of nitrogens with zero attached hydrogens (tertiary/aromatic N) is 1. The van der Waals surface area contributed by atoms with Gasteiger partial charge in [-0.15, -0.1) is 23.2 Å². The minimum absolute atomic E-state index is 0.193. The molecule has 0 atom stereocenters. The van der Waals surface area contributed by atoms with Crippen LogP contribution in [0.1, 0.15) is 17.3 Å². The topological polar surface area (TPSA) is 55.8 Å². The van der Waals surface area contributed by atoms with Crippen LogP contribution in [0, 0.1) is 0 Å². The highest BCUT2D eigenvalue weighted by Crippen LogP contribution is 2.19. The Kier molecular flexibility index (Phi) is 8.89. The van der Waals surface area contributed by atoms with Crippen molar-refractivity contribution < 1.29 is 19.1 Å². The molecule has 0 radical (unpaired) electrons. The minimum Gasteiger partial charge on any atom is -0.461 e.